The van der Waals surface area contributed by atoms with Crippen LogP contribution in [0.15, 0.2) is 75.6 Å². The molecule has 0 radical (unpaired) electrons. The summed E-state index contributed by atoms with van der Waals surface area (Å²) in [6.07, 6.45) is 0. The highest BCUT2D eigenvalue weighted by Gasteiger charge is 2.21. The molecule has 0 bridgehead atoms. The molecule has 3 aromatic carbocycles. The van der Waals surface area contributed by atoms with Crippen molar-refractivity contribution >= 4 is 32.6 Å². The Morgan fingerprint density at radius 3 is 2.08 bits per heavy atom. The Morgan fingerprint density at radius 2 is 1.46 bits per heavy atom. The average Bonchev–Trinajstić information content (AvgIpc) is 2.98. The number of aromatic hydroxyl groups is 1. The predicted octanol–water partition coefficient (Wildman–Crippen LogP) is 5.82. The third-order valence-electron chi connectivity index (χ3n) is 4.04. The van der Waals surface area contributed by atoms with E-state index in [4.69, 9.17) is 10.2 Å². The van der Waals surface area contributed by atoms with Gasteiger partial charge in [-0.05, 0) is 27.6 Å². The van der Waals surface area contributed by atoms with E-state index < -0.39 is 0 Å². The molecule has 0 saturated carbocycles. The molecular formula is C20H14BrNO2. The minimum absolute atomic E-state index is 0.135. The molecule has 0 unspecified atom stereocenters. The number of fused-ring (bicyclic) bond motifs is 1. The summed E-state index contributed by atoms with van der Waals surface area (Å²) >= 11 is 3.55. The minimum atomic E-state index is 0.135. The smallest absolute Gasteiger partial charge is 0.163 e. The Hall–Kier alpha value is -2.72. The van der Waals surface area contributed by atoms with Crippen molar-refractivity contribution in [3.8, 4) is 28.2 Å². The highest BCUT2D eigenvalue weighted by molar-refractivity contribution is 9.10. The van der Waals surface area contributed by atoms with E-state index in [2.05, 4.69) is 15.9 Å². The van der Waals surface area contributed by atoms with Gasteiger partial charge in [-0.15, -0.1) is 0 Å². The third-order valence-corrected chi connectivity index (χ3v) is 4.80. The lowest BCUT2D eigenvalue weighted by molar-refractivity contribution is 0.481. The molecule has 0 aliphatic heterocycles. The van der Waals surface area contributed by atoms with Gasteiger partial charge >= 0.3 is 0 Å². The van der Waals surface area contributed by atoms with Crippen LogP contribution < -0.4 is 5.73 Å². The second-order valence-electron chi connectivity index (χ2n) is 5.54. The topological polar surface area (TPSA) is 59.4 Å². The number of hydrogen-bond donors (Lipinski definition) is 2. The number of anilines is 1. The Morgan fingerprint density at radius 1 is 0.875 bits per heavy atom. The van der Waals surface area contributed by atoms with Crippen molar-refractivity contribution < 1.29 is 9.52 Å². The SMILES string of the molecule is Nc1c(-c2ccccc2)cc(O)c2c(Br)c(-c3ccccc3)oc12. The molecule has 0 aliphatic rings. The number of phenolic OH excluding ortho intramolecular Hbond substituents is 1. The van der Waals surface area contributed by atoms with E-state index >= 15 is 0 Å². The predicted molar refractivity (Wildman–Crippen MR) is 101 cm³/mol. The van der Waals surface area contributed by atoms with Crippen LogP contribution in [0.25, 0.3) is 33.4 Å². The van der Waals surface area contributed by atoms with E-state index in [-0.39, 0.29) is 5.75 Å². The monoisotopic (exact) mass is 379 g/mol. The first kappa shape index (κ1) is 14.8. The molecule has 0 spiro atoms. The molecule has 4 aromatic rings. The zero-order valence-corrected chi connectivity index (χ0v) is 14.2. The summed E-state index contributed by atoms with van der Waals surface area (Å²) in [6, 6.07) is 21.1. The van der Waals surface area contributed by atoms with E-state index in [1.54, 1.807) is 6.07 Å². The largest absolute Gasteiger partial charge is 0.507 e. The molecule has 0 aliphatic carbocycles. The maximum Gasteiger partial charge on any atom is 0.163 e. The summed E-state index contributed by atoms with van der Waals surface area (Å²) in [4.78, 5) is 0. The van der Waals surface area contributed by atoms with Crippen molar-refractivity contribution in [1.82, 2.24) is 0 Å². The van der Waals surface area contributed by atoms with Crippen LogP contribution in [0.1, 0.15) is 0 Å². The van der Waals surface area contributed by atoms with Gasteiger partial charge in [-0.1, -0.05) is 60.7 Å². The summed E-state index contributed by atoms with van der Waals surface area (Å²) in [5, 5.41) is 11.1. The van der Waals surface area contributed by atoms with Crippen LogP contribution in [0.5, 0.6) is 5.75 Å². The Kier molecular flexibility index (Phi) is 3.54. The van der Waals surface area contributed by atoms with E-state index in [0.717, 1.165) is 16.7 Å². The van der Waals surface area contributed by atoms with Crippen molar-refractivity contribution in [2.45, 2.75) is 0 Å². The van der Waals surface area contributed by atoms with Gasteiger partial charge in [0.1, 0.15) is 11.5 Å². The summed E-state index contributed by atoms with van der Waals surface area (Å²) in [7, 11) is 0. The van der Waals surface area contributed by atoms with Crippen LogP contribution in [-0.4, -0.2) is 5.11 Å². The average molecular weight is 380 g/mol. The van der Waals surface area contributed by atoms with Gasteiger partial charge in [-0.25, -0.2) is 0 Å². The van der Waals surface area contributed by atoms with Crippen molar-refractivity contribution in [2.24, 2.45) is 0 Å². The fourth-order valence-corrected chi connectivity index (χ4v) is 3.56. The molecule has 4 heteroatoms. The summed E-state index contributed by atoms with van der Waals surface area (Å²) in [5.41, 5.74) is 9.95. The van der Waals surface area contributed by atoms with Gasteiger partial charge in [-0.3, -0.25) is 0 Å². The number of hydrogen-bond acceptors (Lipinski definition) is 3. The summed E-state index contributed by atoms with van der Waals surface area (Å²) in [6.45, 7) is 0. The van der Waals surface area contributed by atoms with Crippen LogP contribution in [0, 0.1) is 0 Å². The highest BCUT2D eigenvalue weighted by Crippen LogP contribution is 2.47. The summed E-state index contributed by atoms with van der Waals surface area (Å²) in [5.74, 6) is 0.786. The van der Waals surface area contributed by atoms with E-state index in [9.17, 15) is 5.11 Å². The quantitative estimate of drug-likeness (QED) is 0.340. The second-order valence-corrected chi connectivity index (χ2v) is 6.33. The second kappa shape index (κ2) is 5.73. The molecule has 0 atom stereocenters. The maximum atomic E-state index is 10.5. The highest BCUT2D eigenvalue weighted by atomic mass is 79.9. The lowest BCUT2D eigenvalue weighted by atomic mass is 10.0. The number of rotatable bonds is 2. The Bertz CT molecular complexity index is 1020. The maximum absolute atomic E-state index is 10.5. The van der Waals surface area contributed by atoms with Crippen LogP contribution in [0.3, 0.4) is 0 Å². The van der Waals surface area contributed by atoms with Gasteiger partial charge in [0.25, 0.3) is 0 Å². The molecule has 0 saturated heterocycles. The Labute approximate surface area is 147 Å². The number of halogens is 1. The molecule has 3 nitrogen and oxygen atoms in total. The lowest BCUT2D eigenvalue weighted by Gasteiger charge is -2.07. The fourth-order valence-electron chi connectivity index (χ4n) is 2.87. The van der Waals surface area contributed by atoms with Gasteiger partial charge in [0.15, 0.2) is 5.58 Å². The van der Waals surface area contributed by atoms with Crippen LogP contribution in [-0.2, 0) is 0 Å². The van der Waals surface area contributed by atoms with Crippen molar-refractivity contribution in [3.05, 3.63) is 71.2 Å². The molecular weight excluding hydrogens is 366 g/mol. The van der Waals surface area contributed by atoms with Crippen LogP contribution >= 0.6 is 15.9 Å². The lowest BCUT2D eigenvalue weighted by Crippen LogP contribution is -1.91. The first-order valence-corrected chi connectivity index (χ1v) is 8.30. The van der Waals surface area contributed by atoms with E-state index in [0.29, 0.717) is 26.9 Å². The zero-order valence-electron chi connectivity index (χ0n) is 12.7. The fraction of sp³-hybridized carbons (Fsp3) is 0. The number of nitrogen functional groups attached to an aromatic ring is 1. The Balaban J connectivity index is 2.01. The van der Waals surface area contributed by atoms with Crippen LogP contribution in [0.2, 0.25) is 0 Å². The normalized spacial score (nSPS) is 11.0. The number of benzene rings is 3. The summed E-state index contributed by atoms with van der Waals surface area (Å²) < 4.78 is 6.73. The van der Waals surface area contributed by atoms with Gasteiger partial charge in [0, 0.05) is 11.1 Å². The first-order chi connectivity index (χ1) is 11.7. The standard InChI is InChI=1S/C20H14BrNO2/c21-17-16-15(23)11-14(12-7-3-1-4-8-12)18(22)20(16)24-19(17)13-9-5-2-6-10-13/h1-11,23H,22H2. The van der Waals surface area contributed by atoms with Gasteiger partial charge < -0.3 is 15.3 Å². The van der Waals surface area contributed by atoms with Crippen molar-refractivity contribution in [3.63, 3.8) is 0 Å². The molecule has 1 heterocycles. The molecule has 3 N–H and O–H groups in total. The zero-order chi connectivity index (χ0) is 16.7. The van der Waals surface area contributed by atoms with Crippen molar-refractivity contribution in [1.29, 1.82) is 0 Å². The first-order valence-electron chi connectivity index (χ1n) is 7.51. The third kappa shape index (κ3) is 2.27. The number of nitrogens with two attached hydrogens (primary N) is 1. The number of furan rings is 1. The van der Waals surface area contributed by atoms with E-state index in [1.165, 1.54) is 0 Å². The minimum Gasteiger partial charge on any atom is -0.507 e. The molecule has 1 aromatic heterocycles. The van der Waals surface area contributed by atoms with Crippen molar-refractivity contribution in [2.75, 3.05) is 5.73 Å². The molecule has 118 valence electrons. The molecule has 0 amide bonds. The number of phenols is 1. The van der Waals surface area contributed by atoms with E-state index in [1.807, 2.05) is 60.7 Å². The molecule has 24 heavy (non-hydrogen) atoms. The van der Waals surface area contributed by atoms with Gasteiger partial charge in [-0.2, -0.15) is 0 Å². The molecule has 4 rings (SSSR count). The van der Waals surface area contributed by atoms with Gasteiger partial charge in [0.05, 0.1) is 15.5 Å². The van der Waals surface area contributed by atoms with Crippen LogP contribution in [0.4, 0.5) is 5.69 Å². The molecule has 0 fully saturated rings. The van der Waals surface area contributed by atoms with Gasteiger partial charge in [0.2, 0.25) is 0 Å².